The largest absolute Gasteiger partial charge is 1.00 e. The van der Waals surface area contributed by atoms with Gasteiger partial charge in [0, 0.05) is 0 Å². The van der Waals surface area contributed by atoms with Gasteiger partial charge in [0.2, 0.25) is 0 Å². The third kappa shape index (κ3) is 1.46. The van der Waals surface area contributed by atoms with E-state index < -0.39 is 0 Å². The van der Waals surface area contributed by atoms with Crippen LogP contribution in [0.1, 0.15) is 10.4 Å². The van der Waals surface area contributed by atoms with E-state index in [-0.39, 0.29) is 29.6 Å². The number of nitrogens with zero attached hydrogens (tertiary/aromatic N) is 1. The van der Waals surface area contributed by atoms with Crippen LogP contribution in [0.15, 0.2) is 30.5 Å². The fraction of sp³-hybridized carbons (Fsp3) is 0. The Morgan fingerprint density at radius 2 is 2.00 bits per heavy atom. The Bertz CT molecular complexity index is 394. The predicted octanol–water partition coefficient (Wildman–Crippen LogP) is -1.39. The minimum Gasteiger partial charge on any atom is -0.663 e. The first kappa shape index (κ1) is 9.52. The third-order valence-corrected chi connectivity index (χ3v) is 1.68. The summed E-state index contributed by atoms with van der Waals surface area (Å²) >= 11 is 0. The number of carbonyl (C=O) groups is 1. The number of hydrogen-bond acceptors (Lipinski definition) is 1. The van der Waals surface area contributed by atoms with Gasteiger partial charge in [-0.2, -0.15) is 6.20 Å². The topological polar surface area (TPSA) is 31.2 Å². The van der Waals surface area contributed by atoms with Crippen molar-refractivity contribution >= 4 is 17.2 Å². The van der Waals surface area contributed by atoms with E-state index in [1.165, 1.54) is 0 Å². The van der Waals surface area contributed by atoms with E-state index in [2.05, 4.69) is 4.98 Å². The Morgan fingerprint density at radius 1 is 1.25 bits per heavy atom. The number of benzene rings is 1. The van der Waals surface area contributed by atoms with Gasteiger partial charge in [-0.15, -0.1) is 5.52 Å². The molecule has 1 aromatic carbocycles. The van der Waals surface area contributed by atoms with Gasteiger partial charge in [-0.05, 0) is 10.9 Å². The summed E-state index contributed by atoms with van der Waals surface area (Å²) in [4.78, 5) is 14.5. The molecule has 1 aromatic heterocycles. The average Bonchev–Trinajstić information content (AvgIpc) is 2.47. The van der Waals surface area contributed by atoms with Crippen molar-refractivity contribution < 1.29 is 34.4 Å². The van der Waals surface area contributed by atoms with Gasteiger partial charge in [0.05, 0.1) is 0 Å². The van der Waals surface area contributed by atoms with Crippen LogP contribution < -0.4 is 34.5 Å². The van der Waals surface area contributed by atoms with Crippen molar-refractivity contribution in [2.75, 3.05) is 0 Å². The van der Waals surface area contributed by atoms with Crippen LogP contribution in [0.3, 0.4) is 0 Å². The van der Waals surface area contributed by atoms with E-state index >= 15 is 0 Å². The molecule has 3 heteroatoms. The maximum absolute atomic E-state index is 10.4. The number of rotatable bonds is 1. The van der Waals surface area contributed by atoms with Gasteiger partial charge in [0.25, 0.3) is 0 Å². The zero-order valence-corrected chi connectivity index (χ0v) is 8.82. The van der Waals surface area contributed by atoms with Crippen LogP contribution in [-0.4, -0.2) is 6.29 Å². The van der Waals surface area contributed by atoms with Crippen molar-refractivity contribution in [1.82, 2.24) is 4.98 Å². The number of hydrogen-bond donors (Lipinski definition) is 0. The van der Waals surface area contributed by atoms with Crippen molar-refractivity contribution in [3.63, 3.8) is 0 Å². The molecule has 0 N–H and O–H groups in total. The van der Waals surface area contributed by atoms with E-state index in [9.17, 15) is 4.79 Å². The van der Waals surface area contributed by atoms with Gasteiger partial charge in [0.1, 0.15) is 6.29 Å². The maximum atomic E-state index is 10.4. The monoisotopic (exact) mass is 167 g/mol. The van der Waals surface area contributed by atoms with Crippen molar-refractivity contribution in [2.24, 2.45) is 0 Å². The smallest absolute Gasteiger partial charge is 0.663 e. The van der Waals surface area contributed by atoms with E-state index in [1.807, 2.05) is 24.3 Å². The van der Waals surface area contributed by atoms with E-state index in [1.54, 1.807) is 6.20 Å². The minimum atomic E-state index is 0. The molecule has 0 aliphatic rings. The van der Waals surface area contributed by atoms with Gasteiger partial charge in [-0.1, -0.05) is 24.3 Å². The predicted molar refractivity (Wildman–Crippen MR) is 42.7 cm³/mol. The molecule has 0 spiro atoms. The normalized spacial score (nSPS) is 9.33. The summed E-state index contributed by atoms with van der Waals surface area (Å²) in [5.74, 6) is 0. The molecule has 12 heavy (non-hydrogen) atoms. The zero-order valence-electron chi connectivity index (χ0n) is 6.82. The molecule has 2 nitrogen and oxygen atoms in total. The van der Waals surface area contributed by atoms with Crippen molar-refractivity contribution in [2.45, 2.75) is 0 Å². The molecule has 0 amide bonds. The molecule has 0 bridgehead atoms. The van der Waals surface area contributed by atoms with Crippen LogP contribution >= 0.6 is 0 Å². The van der Waals surface area contributed by atoms with Crippen LogP contribution in [0.4, 0.5) is 0 Å². The van der Waals surface area contributed by atoms with E-state index in [0.29, 0.717) is 5.56 Å². The van der Waals surface area contributed by atoms with Gasteiger partial charge in [-0.25, -0.2) is 0 Å². The van der Waals surface area contributed by atoms with Gasteiger partial charge in [0.15, 0.2) is 0 Å². The quantitative estimate of drug-likeness (QED) is 0.387. The van der Waals surface area contributed by atoms with Crippen molar-refractivity contribution in [3.8, 4) is 0 Å². The van der Waals surface area contributed by atoms with Crippen LogP contribution in [-0.2, 0) is 0 Å². The summed E-state index contributed by atoms with van der Waals surface area (Å²) in [6.07, 6.45) is 2.42. The second-order valence-corrected chi connectivity index (χ2v) is 2.35. The van der Waals surface area contributed by atoms with Gasteiger partial charge in [-0.3, -0.25) is 4.79 Å². The molecule has 0 aliphatic heterocycles. The van der Waals surface area contributed by atoms with Crippen LogP contribution in [0.25, 0.3) is 10.9 Å². The van der Waals surface area contributed by atoms with Gasteiger partial charge < -0.3 is 4.98 Å². The SMILES string of the molecule is O=Cc1c[n-]c2ccccc12.[Na+]. The molecule has 0 radical (unpaired) electrons. The molecule has 54 valence electrons. The fourth-order valence-corrected chi connectivity index (χ4v) is 1.13. The Hall–Kier alpha value is -0.570. The Morgan fingerprint density at radius 3 is 2.75 bits per heavy atom. The zero-order chi connectivity index (χ0) is 7.68. The molecule has 1 heterocycles. The molecule has 0 unspecified atom stereocenters. The second-order valence-electron chi connectivity index (χ2n) is 2.35. The number of aldehydes is 1. The Balaban J connectivity index is 0.000000720. The first-order valence-electron chi connectivity index (χ1n) is 3.37. The van der Waals surface area contributed by atoms with Crippen molar-refractivity contribution in [3.05, 3.63) is 36.0 Å². The Labute approximate surface area is 92.3 Å². The van der Waals surface area contributed by atoms with Gasteiger partial charge >= 0.3 is 29.6 Å². The molecule has 0 fully saturated rings. The second kappa shape index (κ2) is 3.90. The number of fused-ring (bicyclic) bond motifs is 1. The third-order valence-electron chi connectivity index (χ3n) is 1.68. The molecular formula is C9H6NNaO. The van der Waals surface area contributed by atoms with E-state index in [0.717, 1.165) is 17.2 Å². The number of carbonyl (C=O) groups excluding carboxylic acids is 1. The van der Waals surface area contributed by atoms with Crippen LogP contribution in [0.2, 0.25) is 0 Å². The molecule has 2 aromatic rings. The average molecular weight is 167 g/mol. The maximum Gasteiger partial charge on any atom is 1.00 e. The molecule has 2 rings (SSSR count). The molecule has 0 saturated heterocycles. The van der Waals surface area contributed by atoms with E-state index in [4.69, 9.17) is 0 Å². The first-order valence-corrected chi connectivity index (χ1v) is 3.37. The molecular weight excluding hydrogens is 161 g/mol. The summed E-state index contributed by atoms with van der Waals surface area (Å²) in [6, 6.07) is 7.59. The summed E-state index contributed by atoms with van der Waals surface area (Å²) in [7, 11) is 0. The summed E-state index contributed by atoms with van der Waals surface area (Å²) in [5.41, 5.74) is 1.55. The number of para-hydroxylation sites is 1. The van der Waals surface area contributed by atoms with Crippen molar-refractivity contribution in [1.29, 1.82) is 0 Å². The van der Waals surface area contributed by atoms with Crippen LogP contribution in [0, 0.1) is 0 Å². The fourth-order valence-electron chi connectivity index (χ4n) is 1.13. The molecule has 0 atom stereocenters. The molecule has 0 aliphatic carbocycles. The first-order chi connectivity index (χ1) is 5.42. The molecule has 0 saturated carbocycles. The standard InChI is InChI=1S/C9H7NO.Na/c11-6-7-5-10-9-4-2-1-3-8(7)9;/h1-6H,(H,10,11);/q;+1/p-1. The van der Waals surface area contributed by atoms with Crippen LogP contribution in [0.5, 0.6) is 0 Å². The summed E-state index contributed by atoms with van der Waals surface area (Å²) in [5, 5.41) is 0.933. The number of aromatic nitrogens is 1. The Kier molecular flexibility index (Phi) is 3.09. The minimum absolute atomic E-state index is 0. The summed E-state index contributed by atoms with van der Waals surface area (Å²) in [6.45, 7) is 0. The summed E-state index contributed by atoms with van der Waals surface area (Å²) < 4.78 is 0.